The summed E-state index contributed by atoms with van der Waals surface area (Å²) >= 11 is 5.98. The van der Waals surface area contributed by atoms with E-state index in [4.69, 9.17) is 21.1 Å². The summed E-state index contributed by atoms with van der Waals surface area (Å²) in [6.45, 7) is 7.07. The lowest BCUT2D eigenvalue weighted by molar-refractivity contribution is -0.145. The van der Waals surface area contributed by atoms with E-state index in [1.54, 1.807) is 44.9 Å². The van der Waals surface area contributed by atoms with E-state index in [2.05, 4.69) is 15.6 Å². The molecule has 1 saturated heterocycles. The smallest absolute Gasteiger partial charge is 0.321 e. The Balaban J connectivity index is 1.55. The number of benzene rings is 1. The second-order valence-electron chi connectivity index (χ2n) is 7.24. The van der Waals surface area contributed by atoms with Crippen LogP contribution in [-0.4, -0.2) is 82.4 Å². The van der Waals surface area contributed by atoms with Crippen molar-refractivity contribution in [2.24, 2.45) is 0 Å². The fraction of sp³-hybridized carbons (Fsp3) is 0.524. The molecule has 1 aliphatic heterocycles. The number of hydrogen-bond acceptors (Lipinski definition) is 6. The third-order valence-corrected chi connectivity index (χ3v) is 5.18. The summed E-state index contributed by atoms with van der Waals surface area (Å²) in [5, 5.41) is 11.5. The van der Waals surface area contributed by atoms with Gasteiger partial charge in [-0.25, -0.2) is 9.48 Å². The van der Waals surface area contributed by atoms with E-state index in [0.717, 1.165) is 0 Å². The van der Waals surface area contributed by atoms with Gasteiger partial charge >= 0.3 is 6.03 Å². The summed E-state index contributed by atoms with van der Waals surface area (Å²) in [6.07, 6.45) is 1.82. The summed E-state index contributed by atoms with van der Waals surface area (Å²) in [4.78, 5) is 28.9. The molecule has 3 amide bonds. The average molecular weight is 465 g/mol. The lowest BCUT2D eigenvalue weighted by Gasteiger charge is -2.22. The summed E-state index contributed by atoms with van der Waals surface area (Å²) in [6, 6.07) is 6.78. The molecule has 0 aliphatic carbocycles. The molecule has 1 aromatic carbocycles. The number of rotatable bonds is 8. The topological polar surface area (TPSA) is 102 Å². The van der Waals surface area contributed by atoms with Crippen LogP contribution < -0.4 is 5.32 Å². The molecule has 1 aromatic heterocycles. The number of amides is 3. The van der Waals surface area contributed by atoms with Gasteiger partial charge in [0.05, 0.1) is 12.7 Å². The van der Waals surface area contributed by atoms with E-state index in [9.17, 15) is 9.59 Å². The molecule has 10 nitrogen and oxygen atoms in total. The Morgan fingerprint density at radius 1 is 1.12 bits per heavy atom. The maximum absolute atomic E-state index is 12.9. The number of nitrogens with zero attached hydrogens (tertiary/aromatic N) is 5. The normalized spacial score (nSPS) is 14.5. The van der Waals surface area contributed by atoms with Crippen molar-refractivity contribution in [2.45, 2.75) is 33.1 Å². The van der Waals surface area contributed by atoms with Crippen LogP contribution in [0.1, 0.15) is 30.8 Å². The third kappa shape index (κ3) is 6.65. The zero-order chi connectivity index (χ0) is 22.9. The Kier molecular flexibility index (Phi) is 8.83. The highest BCUT2D eigenvalue weighted by atomic mass is 35.5. The Morgan fingerprint density at radius 2 is 1.84 bits per heavy atom. The van der Waals surface area contributed by atoms with Crippen LogP contribution >= 0.6 is 11.6 Å². The van der Waals surface area contributed by atoms with Gasteiger partial charge < -0.3 is 24.6 Å². The third-order valence-electron chi connectivity index (χ3n) is 4.95. The summed E-state index contributed by atoms with van der Waals surface area (Å²) in [7, 11) is 0. The van der Waals surface area contributed by atoms with E-state index in [0.29, 0.717) is 63.1 Å². The molecule has 0 spiro atoms. The summed E-state index contributed by atoms with van der Waals surface area (Å²) in [5.41, 5.74) is 0.891. The van der Waals surface area contributed by atoms with Crippen molar-refractivity contribution in [3.8, 4) is 0 Å². The maximum atomic E-state index is 12.9. The Morgan fingerprint density at radius 3 is 2.56 bits per heavy atom. The van der Waals surface area contributed by atoms with Crippen LogP contribution in [0.2, 0.25) is 5.02 Å². The fourth-order valence-electron chi connectivity index (χ4n) is 3.42. The number of anilines is 1. The first-order valence-electron chi connectivity index (χ1n) is 10.7. The van der Waals surface area contributed by atoms with Crippen molar-refractivity contribution < 1.29 is 19.1 Å². The largest absolute Gasteiger partial charge is 0.351 e. The van der Waals surface area contributed by atoms with Crippen molar-refractivity contribution >= 4 is 29.2 Å². The molecule has 32 heavy (non-hydrogen) atoms. The fourth-order valence-corrected chi connectivity index (χ4v) is 3.61. The Hall–Kier alpha value is -2.69. The van der Waals surface area contributed by atoms with Crippen molar-refractivity contribution in [3.63, 3.8) is 0 Å². The van der Waals surface area contributed by atoms with E-state index in [1.807, 2.05) is 13.8 Å². The van der Waals surface area contributed by atoms with Gasteiger partial charge in [0, 0.05) is 50.1 Å². The Bertz CT molecular complexity index is 902. The van der Waals surface area contributed by atoms with Gasteiger partial charge in [0.2, 0.25) is 0 Å². The van der Waals surface area contributed by atoms with Gasteiger partial charge in [0.15, 0.2) is 12.0 Å². The Labute approximate surface area is 192 Å². The number of ether oxygens (including phenoxy) is 2. The zero-order valence-electron chi connectivity index (χ0n) is 18.4. The second-order valence-corrected chi connectivity index (χ2v) is 7.68. The molecule has 1 N–H and O–H groups in total. The number of nitrogens with one attached hydrogen (secondary N) is 1. The highest BCUT2D eigenvalue weighted by Crippen LogP contribution is 2.16. The first-order valence-corrected chi connectivity index (χ1v) is 11.1. The molecule has 0 atom stereocenters. The molecule has 1 fully saturated rings. The number of halogens is 1. The van der Waals surface area contributed by atoms with E-state index < -0.39 is 6.29 Å². The van der Waals surface area contributed by atoms with E-state index in [1.165, 1.54) is 0 Å². The van der Waals surface area contributed by atoms with Crippen molar-refractivity contribution in [1.82, 2.24) is 24.8 Å². The van der Waals surface area contributed by atoms with Gasteiger partial charge in [-0.1, -0.05) is 22.9 Å². The minimum atomic E-state index is -0.445. The number of hydrogen-bond donors (Lipinski definition) is 1. The first kappa shape index (κ1) is 24.0. The summed E-state index contributed by atoms with van der Waals surface area (Å²) in [5.74, 6) is -0.210. The SMILES string of the molecule is CCOC(Cn1cc(C(=O)N2CCCN(C(=O)Nc3cccc(Cl)c3)CC2)nn1)OCC. The van der Waals surface area contributed by atoms with Crippen LogP contribution in [0.5, 0.6) is 0 Å². The molecular formula is C21H29ClN6O4. The lowest BCUT2D eigenvalue weighted by Crippen LogP contribution is -2.39. The monoisotopic (exact) mass is 464 g/mol. The average Bonchev–Trinajstić information content (AvgIpc) is 3.08. The number of urea groups is 1. The zero-order valence-corrected chi connectivity index (χ0v) is 19.1. The van der Waals surface area contributed by atoms with Crippen molar-refractivity contribution in [3.05, 3.63) is 41.2 Å². The van der Waals surface area contributed by atoms with Crippen molar-refractivity contribution in [2.75, 3.05) is 44.7 Å². The highest BCUT2D eigenvalue weighted by Gasteiger charge is 2.25. The van der Waals surface area contributed by atoms with Gasteiger partial charge in [-0.2, -0.15) is 0 Å². The van der Waals surface area contributed by atoms with Crippen molar-refractivity contribution in [1.29, 1.82) is 0 Å². The molecule has 3 rings (SSSR count). The lowest BCUT2D eigenvalue weighted by atomic mass is 10.3. The number of carbonyl (C=O) groups is 2. The molecular weight excluding hydrogens is 436 g/mol. The van der Waals surface area contributed by atoms with E-state index in [-0.39, 0.29) is 17.6 Å². The van der Waals surface area contributed by atoms with Crippen LogP contribution in [0.25, 0.3) is 0 Å². The molecule has 174 valence electrons. The minimum absolute atomic E-state index is 0.210. The molecule has 0 unspecified atom stereocenters. The first-order chi connectivity index (χ1) is 15.5. The quantitative estimate of drug-likeness (QED) is 0.603. The van der Waals surface area contributed by atoms with E-state index >= 15 is 0 Å². The van der Waals surface area contributed by atoms with Crippen LogP contribution in [0.15, 0.2) is 30.5 Å². The summed E-state index contributed by atoms with van der Waals surface area (Å²) < 4.78 is 12.6. The van der Waals surface area contributed by atoms with Crippen LogP contribution in [0, 0.1) is 0 Å². The molecule has 0 radical (unpaired) electrons. The number of carbonyl (C=O) groups excluding carboxylic acids is 2. The van der Waals surface area contributed by atoms with Gasteiger partial charge in [-0.15, -0.1) is 5.10 Å². The molecule has 1 aliphatic rings. The van der Waals surface area contributed by atoms with Gasteiger partial charge in [-0.3, -0.25) is 4.79 Å². The predicted molar refractivity (Wildman–Crippen MR) is 120 cm³/mol. The molecule has 11 heteroatoms. The maximum Gasteiger partial charge on any atom is 0.321 e. The van der Waals surface area contributed by atoms with Crippen LogP contribution in [0.4, 0.5) is 10.5 Å². The van der Waals surface area contributed by atoms with Gasteiger partial charge in [0.1, 0.15) is 0 Å². The van der Waals surface area contributed by atoms with Crippen LogP contribution in [0.3, 0.4) is 0 Å². The molecule has 2 heterocycles. The van der Waals surface area contributed by atoms with Gasteiger partial charge in [-0.05, 0) is 38.5 Å². The highest BCUT2D eigenvalue weighted by molar-refractivity contribution is 6.30. The second kappa shape index (κ2) is 11.8. The molecule has 0 bridgehead atoms. The standard InChI is InChI=1S/C21H29ClN6O4/c1-3-31-19(32-4-2)15-28-14-18(24-25-28)20(29)26-9-6-10-27(12-11-26)21(30)23-17-8-5-7-16(22)13-17/h5,7-8,13-14,19H,3-4,6,9-12,15H2,1-2H3,(H,23,30). The van der Waals surface area contributed by atoms with Crippen LogP contribution in [-0.2, 0) is 16.0 Å². The molecule has 0 saturated carbocycles. The number of aromatic nitrogens is 3. The molecule has 2 aromatic rings. The predicted octanol–water partition coefficient (Wildman–Crippen LogP) is 2.71. The van der Waals surface area contributed by atoms with Gasteiger partial charge in [0.25, 0.3) is 5.91 Å². The minimum Gasteiger partial charge on any atom is -0.351 e.